The molecule has 0 bridgehead atoms. The molecule has 32 heavy (non-hydrogen) atoms. The fourth-order valence-electron chi connectivity index (χ4n) is 4.05. The number of likely N-dealkylation sites (N-methyl/N-ethyl adjacent to an activating group) is 1. The monoisotopic (exact) mass is 439 g/mol. The molecule has 2 aliphatic heterocycles. The molecule has 2 aromatic rings. The van der Waals surface area contributed by atoms with E-state index in [9.17, 15) is 14.0 Å². The van der Waals surface area contributed by atoms with Crippen LogP contribution in [0, 0.1) is 25.6 Å². The van der Waals surface area contributed by atoms with Gasteiger partial charge in [-0.05, 0) is 49.9 Å². The van der Waals surface area contributed by atoms with Crippen molar-refractivity contribution in [3.8, 4) is 0 Å². The minimum absolute atomic E-state index is 0.0688. The number of aryl methyl sites for hydroxylation is 2. The van der Waals surface area contributed by atoms with E-state index in [4.69, 9.17) is 4.99 Å². The van der Waals surface area contributed by atoms with E-state index in [0.29, 0.717) is 29.8 Å². The second kappa shape index (κ2) is 8.29. The van der Waals surface area contributed by atoms with Crippen LogP contribution in [-0.2, 0) is 11.3 Å². The highest BCUT2D eigenvalue weighted by Gasteiger charge is 2.53. The van der Waals surface area contributed by atoms with Crippen LogP contribution in [0.1, 0.15) is 37.2 Å². The first kappa shape index (κ1) is 21.9. The van der Waals surface area contributed by atoms with E-state index in [-0.39, 0.29) is 18.3 Å². The van der Waals surface area contributed by atoms with Gasteiger partial charge in [-0.25, -0.2) is 13.8 Å². The Hall–Kier alpha value is -3.36. The Labute approximate surface area is 186 Å². The molecule has 1 atom stereocenters. The number of hydrogen-bond acceptors (Lipinski definition) is 4. The molecule has 9 heteroatoms. The molecule has 4 rings (SSSR count). The SMILES string of the molecule is Cc1cc(C)n(C2=[N+](CCC(C)C)C3C(=O)N(Cc4ccc(F)cc4)C(=O)N(C)C3=N2)n1. The van der Waals surface area contributed by atoms with Gasteiger partial charge in [0.25, 0.3) is 5.91 Å². The predicted octanol–water partition coefficient (Wildman–Crippen LogP) is 2.78. The van der Waals surface area contributed by atoms with Crippen LogP contribution in [0.15, 0.2) is 35.3 Å². The standard InChI is InChI=1S/C23H28FN6O2/c1-14(2)10-11-28-19-20(25-22(28)30-16(4)12-15(3)26-30)27(5)23(32)29(21(19)31)13-17-6-8-18(24)9-7-17/h6-9,12,14,19H,10-11,13H2,1-5H3/q+1. The smallest absolute Gasteiger partial charge is 0.270 e. The maximum Gasteiger partial charge on any atom is 0.421 e. The highest BCUT2D eigenvalue weighted by atomic mass is 19.1. The van der Waals surface area contributed by atoms with E-state index >= 15 is 0 Å². The molecule has 3 amide bonds. The molecular formula is C23H28FN6O2+. The normalized spacial score (nSPS) is 18.7. The number of benzene rings is 1. The zero-order valence-electron chi connectivity index (χ0n) is 19.0. The lowest BCUT2D eigenvalue weighted by Crippen LogP contribution is -2.62. The van der Waals surface area contributed by atoms with Gasteiger partial charge in [-0.15, -0.1) is 9.78 Å². The summed E-state index contributed by atoms with van der Waals surface area (Å²) in [4.78, 5) is 34.0. The molecule has 0 saturated carbocycles. The van der Waals surface area contributed by atoms with Crippen LogP contribution in [0.5, 0.6) is 0 Å². The lowest BCUT2D eigenvalue weighted by atomic mass is 10.1. The number of amidine groups is 1. The number of aromatic nitrogens is 2. The number of carbonyl (C=O) groups is 2. The summed E-state index contributed by atoms with van der Waals surface area (Å²) < 4.78 is 17.0. The first-order valence-electron chi connectivity index (χ1n) is 10.8. The summed E-state index contributed by atoms with van der Waals surface area (Å²) in [6, 6.07) is 6.60. The van der Waals surface area contributed by atoms with E-state index < -0.39 is 12.1 Å². The van der Waals surface area contributed by atoms with E-state index in [1.807, 2.05) is 24.5 Å². The van der Waals surface area contributed by atoms with Crippen molar-refractivity contribution in [1.82, 2.24) is 19.6 Å². The molecule has 1 aromatic heterocycles. The fraction of sp³-hybridized carbons (Fsp3) is 0.435. The molecule has 1 saturated heterocycles. The summed E-state index contributed by atoms with van der Waals surface area (Å²) in [5.41, 5.74) is 2.43. The Morgan fingerprint density at radius 3 is 2.44 bits per heavy atom. The average Bonchev–Trinajstić information content (AvgIpc) is 3.28. The van der Waals surface area contributed by atoms with Crippen LogP contribution in [0.3, 0.4) is 0 Å². The summed E-state index contributed by atoms with van der Waals surface area (Å²) in [6.07, 6.45) is 0.852. The molecule has 0 N–H and O–H groups in total. The van der Waals surface area contributed by atoms with E-state index in [1.54, 1.807) is 23.9 Å². The van der Waals surface area contributed by atoms with Crippen LogP contribution < -0.4 is 0 Å². The molecule has 3 heterocycles. The van der Waals surface area contributed by atoms with Gasteiger partial charge in [-0.1, -0.05) is 31.0 Å². The minimum atomic E-state index is -0.712. The van der Waals surface area contributed by atoms with Crippen molar-refractivity contribution in [3.05, 3.63) is 53.1 Å². The molecule has 168 valence electrons. The fourth-order valence-corrected chi connectivity index (χ4v) is 4.05. The summed E-state index contributed by atoms with van der Waals surface area (Å²) in [5, 5.41) is 4.56. The number of imide groups is 1. The second-order valence-corrected chi connectivity index (χ2v) is 8.78. The molecule has 8 nitrogen and oxygen atoms in total. The molecule has 2 aliphatic rings. The molecule has 1 unspecified atom stereocenters. The summed E-state index contributed by atoms with van der Waals surface area (Å²) in [7, 11) is 1.63. The molecule has 0 spiro atoms. The minimum Gasteiger partial charge on any atom is -0.270 e. The van der Waals surface area contributed by atoms with Gasteiger partial charge in [0.15, 0.2) is 0 Å². The van der Waals surface area contributed by atoms with E-state index in [2.05, 4.69) is 18.9 Å². The van der Waals surface area contributed by atoms with Crippen LogP contribution in [-0.4, -0.2) is 67.5 Å². The van der Waals surface area contributed by atoms with Gasteiger partial charge in [-0.3, -0.25) is 14.6 Å². The van der Waals surface area contributed by atoms with Crippen molar-refractivity contribution in [1.29, 1.82) is 0 Å². The van der Waals surface area contributed by atoms with Crippen molar-refractivity contribution in [3.63, 3.8) is 0 Å². The maximum absolute atomic E-state index is 13.6. The van der Waals surface area contributed by atoms with Gasteiger partial charge in [0.05, 0.1) is 18.8 Å². The molecule has 0 radical (unpaired) electrons. The lowest BCUT2D eigenvalue weighted by Gasteiger charge is -2.34. The topological polar surface area (TPSA) is 73.8 Å². The molecule has 1 aromatic carbocycles. The number of fused-ring (bicyclic) bond motifs is 1. The van der Waals surface area contributed by atoms with E-state index in [0.717, 1.165) is 17.8 Å². The van der Waals surface area contributed by atoms with Crippen molar-refractivity contribution < 1.29 is 18.6 Å². The van der Waals surface area contributed by atoms with Gasteiger partial charge in [0.1, 0.15) is 11.5 Å². The Kier molecular flexibility index (Phi) is 5.66. The number of nitrogens with zero attached hydrogens (tertiary/aromatic N) is 6. The zero-order valence-corrected chi connectivity index (χ0v) is 19.0. The number of carbonyl (C=O) groups excluding carboxylic acids is 2. The lowest BCUT2D eigenvalue weighted by molar-refractivity contribution is -0.538. The number of hydrogen-bond donors (Lipinski definition) is 0. The Bertz CT molecular complexity index is 1130. The number of halogens is 1. The number of rotatable bonds is 5. The van der Waals surface area contributed by atoms with Crippen LogP contribution >= 0.6 is 0 Å². The largest absolute Gasteiger partial charge is 0.421 e. The molecular weight excluding hydrogens is 411 g/mol. The summed E-state index contributed by atoms with van der Waals surface area (Å²) >= 11 is 0. The quantitative estimate of drug-likeness (QED) is 0.673. The maximum atomic E-state index is 13.6. The second-order valence-electron chi connectivity index (χ2n) is 8.78. The van der Waals surface area contributed by atoms with Crippen molar-refractivity contribution in [2.24, 2.45) is 10.9 Å². The Morgan fingerprint density at radius 1 is 1.16 bits per heavy atom. The average molecular weight is 440 g/mol. The number of urea groups is 1. The Morgan fingerprint density at radius 2 is 1.84 bits per heavy atom. The third kappa shape index (κ3) is 3.83. The van der Waals surface area contributed by atoms with Gasteiger partial charge in [-0.2, -0.15) is 0 Å². The first-order valence-corrected chi connectivity index (χ1v) is 10.8. The first-order chi connectivity index (χ1) is 15.2. The highest BCUT2D eigenvalue weighted by Crippen LogP contribution is 2.23. The third-order valence-corrected chi connectivity index (χ3v) is 5.79. The van der Waals surface area contributed by atoms with E-state index in [1.165, 1.54) is 21.9 Å². The zero-order chi connectivity index (χ0) is 23.2. The van der Waals surface area contributed by atoms with Crippen LogP contribution in [0.25, 0.3) is 0 Å². The Balaban J connectivity index is 1.75. The van der Waals surface area contributed by atoms with Crippen molar-refractivity contribution >= 4 is 23.7 Å². The van der Waals surface area contributed by atoms with Gasteiger partial charge < -0.3 is 0 Å². The van der Waals surface area contributed by atoms with Crippen molar-refractivity contribution in [2.75, 3.05) is 13.6 Å². The highest BCUT2D eigenvalue weighted by molar-refractivity contribution is 6.22. The van der Waals surface area contributed by atoms with Crippen LogP contribution in [0.2, 0.25) is 0 Å². The predicted molar refractivity (Wildman–Crippen MR) is 118 cm³/mol. The third-order valence-electron chi connectivity index (χ3n) is 5.79. The van der Waals surface area contributed by atoms with Crippen molar-refractivity contribution in [2.45, 2.75) is 46.7 Å². The summed E-state index contributed by atoms with van der Waals surface area (Å²) in [6.45, 7) is 8.76. The van der Waals surface area contributed by atoms with Gasteiger partial charge in [0.2, 0.25) is 11.9 Å². The number of amides is 3. The van der Waals surface area contributed by atoms with Gasteiger partial charge >= 0.3 is 12.0 Å². The van der Waals surface area contributed by atoms with Crippen LogP contribution in [0.4, 0.5) is 9.18 Å². The molecule has 0 aliphatic carbocycles. The number of aliphatic imine (C=N–C) groups is 1. The molecule has 1 fully saturated rings. The van der Waals surface area contributed by atoms with Gasteiger partial charge in [0, 0.05) is 7.05 Å². The summed E-state index contributed by atoms with van der Waals surface area (Å²) in [5.74, 6) is 0.677.